The average molecular weight is 332 g/mol. The van der Waals surface area contributed by atoms with Gasteiger partial charge in [0.25, 0.3) is 0 Å². The van der Waals surface area contributed by atoms with E-state index in [2.05, 4.69) is 23.2 Å². The molecule has 2 heterocycles. The Morgan fingerprint density at radius 2 is 2.25 bits per heavy atom. The number of amides is 1. The number of piperidine rings is 1. The van der Waals surface area contributed by atoms with Crippen LogP contribution in [-0.2, 0) is 20.7 Å². The van der Waals surface area contributed by atoms with Crippen molar-refractivity contribution in [2.75, 3.05) is 38.7 Å². The Bertz CT molecular complexity index is 569. The first-order valence-electron chi connectivity index (χ1n) is 8.94. The molecule has 1 aromatic carbocycles. The Hall–Kier alpha value is -1.43. The zero-order chi connectivity index (χ0) is 17.0. The fourth-order valence-corrected chi connectivity index (χ4v) is 3.95. The maximum Gasteiger partial charge on any atom is 0.238 e. The van der Waals surface area contributed by atoms with E-state index in [9.17, 15) is 4.79 Å². The van der Waals surface area contributed by atoms with Crippen LogP contribution in [0.1, 0.15) is 31.7 Å². The van der Waals surface area contributed by atoms with Gasteiger partial charge in [0.2, 0.25) is 5.91 Å². The Morgan fingerprint density at radius 1 is 1.42 bits per heavy atom. The van der Waals surface area contributed by atoms with Crippen molar-refractivity contribution in [3.8, 4) is 0 Å². The lowest BCUT2D eigenvalue weighted by Crippen LogP contribution is -2.57. The number of carbonyl (C=O) groups is 1. The number of nitrogens with zero attached hydrogens (tertiary/aromatic N) is 1. The lowest BCUT2D eigenvalue weighted by atomic mass is 9.86. The zero-order valence-corrected chi connectivity index (χ0v) is 14.7. The smallest absolute Gasteiger partial charge is 0.238 e. The van der Waals surface area contributed by atoms with Crippen molar-refractivity contribution in [3.05, 3.63) is 29.8 Å². The van der Waals surface area contributed by atoms with Crippen LogP contribution in [0, 0.1) is 0 Å². The van der Waals surface area contributed by atoms with Gasteiger partial charge in [-0.2, -0.15) is 0 Å². The van der Waals surface area contributed by atoms with Crippen LogP contribution >= 0.6 is 0 Å². The summed E-state index contributed by atoms with van der Waals surface area (Å²) in [4.78, 5) is 14.6. The van der Waals surface area contributed by atoms with Gasteiger partial charge in [-0.15, -0.1) is 0 Å². The summed E-state index contributed by atoms with van der Waals surface area (Å²) in [5, 5.41) is 3.05. The monoisotopic (exact) mass is 332 g/mol. The fraction of sp³-hybridized carbons (Fsp3) is 0.632. The van der Waals surface area contributed by atoms with Gasteiger partial charge in [0, 0.05) is 32.5 Å². The second kappa shape index (κ2) is 7.64. The maximum absolute atomic E-state index is 12.4. The van der Waals surface area contributed by atoms with Gasteiger partial charge in [0.15, 0.2) is 0 Å². The number of para-hydroxylation sites is 1. The first kappa shape index (κ1) is 17.4. The molecule has 2 fully saturated rings. The molecular weight excluding hydrogens is 304 g/mol. The zero-order valence-electron chi connectivity index (χ0n) is 14.7. The van der Waals surface area contributed by atoms with Crippen molar-refractivity contribution in [1.29, 1.82) is 0 Å². The van der Waals surface area contributed by atoms with Crippen LogP contribution in [0.2, 0.25) is 0 Å². The number of hydrogen-bond acceptors (Lipinski definition) is 4. The first-order valence-corrected chi connectivity index (χ1v) is 8.94. The normalized spacial score (nSPS) is 27.5. The summed E-state index contributed by atoms with van der Waals surface area (Å²) in [5.74, 6) is 0.0362. The SMILES string of the molecule is CCc1ccccc1NC(=O)CN1CC[C@]2(CCCO2)[C@H](OC)C1. The largest absolute Gasteiger partial charge is 0.377 e. The van der Waals surface area contributed by atoms with Crippen molar-refractivity contribution in [1.82, 2.24) is 4.90 Å². The number of benzene rings is 1. The number of aryl methyl sites for hydroxylation is 1. The maximum atomic E-state index is 12.4. The van der Waals surface area contributed by atoms with Gasteiger partial charge >= 0.3 is 0 Å². The van der Waals surface area contributed by atoms with E-state index in [1.807, 2.05) is 18.2 Å². The standard InChI is InChI=1S/C19H28N2O3/c1-3-15-7-4-5-8-16(15)20-18(22)14-21-11-10-19(9-6-12-24-19)17(13-21)23-2/h4-5,7-8,17H,3,6,9-14H2,1-2H3,(H,20,22)/t17-,19-/m1/s1. The number of anilines is 1. The van der Waals surface area contributed by atoms with Gasteiger partial charge in [-0.25, -0.2) is 0 Å². The molecule has 0 unspecified atom stereocenters. The lowest BCUT2D eigenvalue weighted by molar-refractivity contribution is -0.145. The van der Waals surface area contributed by atoms with Crippen molar-refractivity contribution in [3.63, 3.8) is 0 Å². The molecule has 0 radical (unpaired) electrons. The molecule has 2 atom stereocenters. The minimum Gasteiger partial charge on any atom is -0.377 e. The second-order valence-electron chi connectivity index (χ2n) is 6.79. The molecule has 5 heteroatoms. The van der Waals surface area contributed by atoms with Crippen LogP contribution in [0.15, 0.2) is 24.3 Å². The van der Waals surface area contributed by atoms with E-state index in [1.165, 1.54) is 0 Å². The highest BCUT2D eigenvalue weighted by molar-refractivity contribution is 5.93. The van der Waals surface area contributed by atoms with Gasteiger partial charge in [0.05, 0.1) is 18.2 Å². The molecule has 2 aliphatic heterocycles. The highest BCUT2D eigenvalue weighted by atomic mass is 16.5. The molecule has 0 bridgehead atoms. The lowest BCUT2D eigenvalue weighted by Gasteiger charge is -2.44. The number of methoxy groups -OCH3 is 1. The molecule has 1 spiro atoms. The number of hydrogen-bond donors (Lipinski definition) is 1. The molecular formula is C19H28N2O3. The van der Waals surface area contributed by atoms with Crippen molar-refractivity contribution >= 4 is 11.6 Å². The third-order valence-electron chi connectivity index (χ3n) is 5.32. The molecule has 1 aromatic rings. The van der Waals surface area contributed by atoms with E-state index < -0.39 is 0 Å². The molecule has 0 saturated carbocycles. The van der Waals surface area contributed by atoms with E-state index in [0.717, 1.165) is 56.6 Å². The highest BCUT2D eigenvalue weighted by Gasteiger charge is 2.46. The van der Waals surface area contributed by atoms with Gasteiger partial charge in [-0.1, -0.05) is 25.1 Å². The third-order valence-corrected chi connectivity index (χ3v) is 5.32. The number of likely N-dealkylation sites (tertiary alicyclic amines) is 1. The number of ether oxygens (including phenoxy) is 2. The summed E-state index contributed by atoms with van der Waals surface area (Å²) in [5.41, 5.74) is 1.95. The van der Waals surface area contributed by atoms with Crippen LogP contribution in [0.25, 0.3) is 0 Å². The van der Waals surface area contributed by atoms with Gasteiger partial charge in [-0.3, -0.25) is 9.69 Å². The molecule has 1 N–H and O–H groups in total. The van der Waals surface area contributed by atoms with E-state index in [4.69, 9.17) is 9.47 Å². The predicted molar refractivity (Wildman–Crippen MR) is 94.2 cm³/mol. The third kappa shape index (κ3) is 3.63. The fourth-order valence-electron chi connectivity index (χ4n) is 3.95. The summed E-state index contributed by atoms with van der Waals surface area (Å²) in [6, 6.07) is 7.98. The van der Waals surface area contributed by atoms with Crippen LogP contribution in [0.4, 0.5) is 5.69 Å². The summed E-state index contributed by atoms with van der Waals surface area (Å²) in [6.45, 7) is 4.95. The van der Waals surface area contributed by atoms with Crippen molar-refractivity contribution in [2.45, 2.75) is 44.3 Å². The summed E-state index contributed by atoms with van der Waals surface area (Å²) >= 11 is 0. The van der Waals surface area contributed by atoms with E-state index in [0.29, 0.717) is 6.54 Å². The first-order chi connectivity index (χ1) is 11.7. The molecule has 0 aliphatic carbocycles. The summed E-state index contributed by atoms with van der Waals surface area (Å²) in [7, 11) is 1.75. The molecule has 2 saturated heterocycles. The minimum atomic E-state index is -0.128. The predicted octanol–water partition coefficient (Wildman–Crippen LogP) is 2.46. The molecule has 3 rings (SSSR count). The minimum absolute atomic E-state index is 0.0362. The van der Waals surface area contributed by atoms with Crippen LogP contribution in [-0.4, -0.2) is 55.9 Å². The Kier molecular flexibility index (Phi) is 5.54. The van der Waals surface area contributed by atoms with E-state index in [-0.39, 0.29) is 17.6 Å². The van der Waals surface area contributed by atoms with E-state index in [1.54, 1.807) is 7.11 Å². The van der Waals surface area contributed by atoms with Crippen molar-refractivity contribution < 1.29 is 14.3 Å². The average Bonchev–Trinajstić information content (AvgIpc) is 3.06. The van der Waals surface area contributed by atoms with Crippen LogP contribution in [0.5, 0.6) is 0 Å². The number of rotatable bonds is 5. The van der Waals surface area contributed by atoms with Crippen LogP contribution < -0.4 is 5.32 Å². The van der Waals surface area contributed by atoms with Crippen molar-refractivity contribution in [2.24, 2.45) is 0 Å². The quantitative estimate of drug-likeness (QED) is 0.900. The van der Waals surface area contributed by atoms with Gasteiger partial charge in [0.1, 0.15) is 0 Å². The molecule has 0 aromatic heterocycles. The summed E-state index contributed by atoms with van der Waals surface area (Å²) in [6.07, 6.45) is 4.06. The Balaban J connectivity index is 1.57. The molecule has 5 nitrogen and oxygen atoms in total. The molecule has 2 aliphatic rings. The Labute approximate surface area is 144 Å². The molecule has 1 amide bonds. The molecule has 132 valence electrons. The topological polar surface area (TPSA) is 50.8 Å². The van der Waals surface area contributed by atoms with Gasteiger partial charge < -0.3 is 14.8 Å². The Morgan fingerprint density at radius 3 is 2.96 bits per heavy atom. The second-order valence-corrected chi connectivity index (χ2v) is 6.79. The number of nitrogens with one attached hydrogen (secondary N) is 1. The highest BCUT2D eigenvalue weighted by Crippen LogP contribution is 2.37. The van der Waals surface area contributed by atoms with E-state index >= 15 is 0 Å². The number of carbonyl (C=O) groups excluding carboxylic acids is 1. The van der Waals surface area contributed by atoms with Gasteiger partial charge in [-0.05, 0) is 37.3 Å². The summed E-state index contributed by atoms with van der Waals surface area (Å²) < 4.78 is 11.7. The van der Waals surface area contributed by atoms with Crippen LogP contribution in [0.3, 0.4) is 0 Å². The molecule has 24 heavy (non-hydrogen) atoms.